The van der Waals surface area contributed by atoms with Crippen molar-refractivity contribution in [2.45, 2.75) is 13.3 Å². The first-order valence-corrected chi connectivity index (χ1v) is 5.51. The highest BCUT2D eigenvalue weighted by atomic mass is 32.1. The van der Waals surface area contributed by atoms with Crippen LogP contribution in [0.25, 0.3) is 0 Å². The van der Waals surface area contributed by atoms with Crippen molar-refractivity contribution in [2.24, 2.45) is 12.8 Å². The first kappa shape index (κ1) is 12.6. The van der Waals surface area contributed by atoms with Crippen molar-refractivity contribution >= 4 is 23.1 Å². The number of hydrogen-bond acceptors (Lipinski definition) is 3. The second-order valence-electron chi connectivity index (χ2n) is 3.62. The van der Waals surface area contributed by atoms with Crippen LogP contribution >= 0.6 is 12.2 Å². The van der Waals surface area contributed by atoms with Gasteiger partial charge in [-0.1, -0.05) is 19.1 Å². The molecule has 0 aliphatic heterocycles. The van der Waals surface area contributed by atoms with Crippen LogP contribution < -0.4 is 5.73 Å². The van der Waals surface area contributed by atoms with Gasteiger partial charge >= 0.3 is 0 Å². The van der Waals surface area contributed by atoms with Crippen LogP contribution in [0.2, 0.25) is 0 Å². The lowest BCUT2D eigenvalue weighted by Crippen LogP contribution is -2.38. The predicted molar refractivity (Wildman–Crippen MR) is 66.2 cm³/mol. The predicted octanol–water partition coefficient (Wildman–Crippen LogP) is 0.558. The van der Waals surface area contributed by atoms with E-state index in [0.717, 1.165) is 6.42 Å². The number of rotatable bonds is 5. The first-order valence-electron chi connectivity index (χ1n) is 5.10. The zero-order chi connectivity index (χ0) is 12.1. The van der Waals surface area contributed by atoms with Gasteiger partial charge in [-0.3, -0.25) is 4.79 Å². The molecule has 0 saturated carbocycles. The maximum Gasteiger partial charge on any atom is 0.274 e. The molecule has 5 nitrogen and oxygen atoms in total. The summed E-state index contributed by atoms with van der Waals surface area (Å²) in [6, 6.07) is 0. The van der Waals surface area contributed by atoms with Gasteiger partial charge in [-0.15, -0.1) is 0 Å². The van der Waals surface area contributed by atoms with Crippen molar-refractivity contribution in [3.63, 3.8) is 0 Å². The number of carbonyl (C=O) groups is 1. The van der Waals surface area contributed by atoms with Crippen molar-refractivity contribution in [3.05, 3.63) is 18.2 Å². The van der Waals surface area contributed by atoms with E-state index in [2.05, 4.69) is 4.98 Å². The fraction of sp³-hybridized carbons (Fsp3) is 0.500. The normalized spacial score (nSPS) is 10.1. The molecule has 16 heavy (non-hydrogen) atoms. The molecule has 0 fully saturated rings. The lowest BCUT2D eigenvalue weighted by molar-refractivity contribution is 0.0774. The van der Waals surface area contributed by atoms with E-state index in [0.29, 0.717) is 23.8 Å². The fourth-order valence-corrected chi connectivity index (χ4v) is 1.55. The molecule has 6 heteroatoms. The van der Waals surface area contributed by atoms with E-state index >= 15 is 0 Å². The van der Waals surface area contributed by atoms with Crippen LogP contribution in [0.15, 0.2) is 12.5 Å². The summed E-state index contributed by atoms with van der Waals surface area (Å²) < 4.78 is 1.73. The van der Waals surface area contributed by atoms with Gasteiger partial charge in [0.25, 0.3) is 5.91 Å². The number of carbonyl (C=O) groups excluding carboxylic acids is 1. The van der Waals surface area contributed by atoms with Crippen LogP contribution in [0, 0.1) is 0 Å². The Balaban J connectivity index is 2.78. The summed E-state index contributed by atoms with van der Waals surface area (Å²) in [6.07, 6.45) is 4.14. The Morgan fingerprint density at radius 2 is 2.38 bits per heavy atom. The molecular weight excluding hydrogens is 224 g/mol. The van der Waals surface area contributed by atoms with Crippen LogP contribution in [-0.4, -0.2) is 38.4 Å². The lowest BCUT2D eigenvalue weighted by Gasteiger charge is -2.20. The molecular formula is C10H16N4OS. The second kappa shape index (κ2) is 5.60. The molecule has 1 heterocycles. The molecule has 1 aromatic rings. The average Bonchev–Trinajstić information content (AvgIpc) is 2.62. The minimum absolute atomic E-state index is 0.129. The van der Waals surface area contributed by atoms with Crippen LogP contribution in [0.1, 0.15) is 23.8 Å². The van der Waals surface area contributed by atoms with E-state index in [1.54, 1.807) is 22.0 Å². The monoisotopic (exact) mass is 240 g/mol. The molecule has 0 saturated heterocycles. The quantitative estimate of drug-likeness (QED) is 0.764. The van der Waals surface area contributed by atoms with Gasteiger partial charge < -0.3 is 15.2 Å². The van der Waals surface area contributed by atoms with Gasteiger partial charge in [-0.05, 0) is 6.42 Å². The molecule has 1 aromatic heterocycles. The number of hydrogen-bond donors (Lipinski definition) is 1. The van der Waals surface area contributed by atoms with Crippen LogP contribution in [-0.2, 0) is 7.05 Å². The minimum atomic E-state index is -0.129. The number of nitrogens with two attached hydrogens (primary N) is 1. The van der Waals surface area contributed by atoms with Crippen molar-refractivity contribution in [3.8, 4) is 0 Å². The number of aryl methyl sites for hydroxylation is 1. The molecule has 0 bridgehead atoms. The van der Waals surface area contributed by atoms with Crippen LogP contribution in [0.5, 0.6) is 0 Å². The van der Waals surface area contributed by atoms with Gasteiger partial charge in [0.05, 0.1) is 17.9 Å². The van der Waals surface area contributed by atoms with Crippen LogP contribution in [0.4, 0.5) is 0 Å². The van der Waals surface area contributed by atoms with E-state index in [1.165, 1.54) is 0 Å². The standard InChI is InChI=1S/C10H16N4OS/c1-3-4-14(6-9(11)16)10(15)8-5-13(2)7-12-8/h5,7H,3-4,6H2,1-2H3,(H2,11,16). The summed E-state index contributed by atoms with van der Waals surface area (Å²) in [6.45, 7) is 2.93. The van der Waals surface area contributed by atoms with E-state index in [1.807, 2.05) is 14.0 Å². The molecule has 2 N–H and O–H groups in total. The molecule has 0 radical (unpaired) electrons. The highest BCUT2D eigenvalue weighted by Crippen LogP contribution is 2.02. The van der Waals surface area contributed by atoms with E-state index in [4.69, 9.17) is 18.0 Å². The Labute approximate surface area is 100 Å². The highest BCUT2D eigenvalue weighted by molar-refractivity contribution is 7.80. The molecule has 0 aliphatic carbocycles. The summed E-state index contributed by atoms with van der Waals surface area (Å²) in [4.78, 5) is 18.0. The van der Waals surface area contributed by atoms with Gasteiger partial charge in [-0.25, -0.2) is 4.98 Å². The number of amides is 1. The molecule has 0 unspecified atom stereocenters. The molecule has 0 atom stereocenters. The fourth-order valence-electron chi connectivity index (χ4n) is 1.40. The SMILES string of the molecule is CCCN(CC(N)=S)C(=O)c1cn(C)cn1. The first-order chi connectivity index (χ1) is 7.54. The van der Waals surface area contributed by atoms with Crippen molar-refractivity contribution in [1.29, 1.82) is 0 Å². The summed E-state index contributed by atoms with van der Waals surface area (Å²) in [7, 11) is 1.82. The molecule has 0 aliphatic rings. The Bertz CT molecular complexity index is 388. The van der Waals surface area contributed by atoms with Crippen LogP contribution in [0.3, 0.4) is 0 Å². The zero-order valence-electron chi connectivity index (χ0n) is 9.51. The van der Waals surface area contributed by atoms with E-state index < -0.39 is 0 Å². The summed E-state index contributed by atoms with van der Waals surface area (Å²) in [5.74, 6) is -0.129. The smallest absolute Gasteiger partial charge is 0.274 e. The summed E-state index contributed by atoms with van der Waals surface area (Å²) in [5.41, 5.74) is 5.88. The van der Waals surface area contributed by atoms with Crippen molar-refractivity contribution < 1.29 is 4.79 Å². The third-order valence-electron chi connectivity index (χ3n) is 2.05. The number of imidazole rings is 1. The largest absolute Gasteiger partial charge is 0.392 e. The molecule has 1 rings (SSSR count). The number of nitrogens with zero attached hydrogens (tertiary/aromatic N) is 3. The number of thiocarbonyl (C=S) groups is 1. The van der Waals surface area contributed by atoms with Crippen molar-refractivity contribution in [1.82, 2.24) is 14.5 Å². The van der Waals surface area contributed by atoms with E-state index in [9.17, 15) is 4.79 Å². The lowest BCUT2D eigenvalue weighted by atomic mass is 10.3. The Kier molecular flexibility index (Phi) is 4.42. The maximum absolute atomic E-state index is 12.0. The summed E-state index contributed by atoms with van der Waals surface area (Å²) >= 11 is 4.82. The Morgan fingerprint density at radius 1 is 1.69 bits per heavy atom. The Morgan fingerprint density at radius 3 is 2.81 bits per heavy atom. The average molecular weight is 240 g/mol. The molecule has 0 aromatic carbocycles. The van der Waals surface area contributed by atoms with Gasteiger partial charge in [0.15, 0.2) is 0 Å². The second-order valence-corrected chi connectivity index (χ2v) is 4.14. The van der Waals surface area contributed by atoms with Gasteiger partial charge in [0.2, 0.25) is 0 Å². The van der Waals surface area contributed by atoms with Gasteiger partial charge in [-0.2, -0.15) is 0 Å². The molecule has 1 amide bonds. The Hall–Kier alpha value is -1.43. The third kappa shape index (κ3) is 3.30. The third-order valence-corrected chi connectivity index (χ3v) is 2.18. The molecule has 88 valence electrons. The van der Waals surface area contributed by atoms with E-state index in [-0.39, 0.29) is 5.91 Å². The summed E-state index contributed by atoms with van der Waals surface area (Å²) in [5, 5.41) is 0. The minimum Gasteiger partial charge on any atom is -0.392 e. The number of aromatic nitrogens is 2. The molecule has 0 spiro atoms. The zero-order valence-corrected chi connectivity index (χ0v) is 10.3. The van der Waals surface area contributed by atoms with Gasteiger partial charge in [0.1, 0.15) is 5.69 Å². The van der Waals surface area contributed by atoms with Crippen molar-refractivity contribution in [2.75, 3.05) is 13.1 Å². The topological polar surface area (TPSA) is 64.2 Å². The highest BCUT2D eigenvalue weighted by Gasteiger charge is 2.17. The maximum atomic E-state index is 12.0. The van der Waals surface area contributed by atoms with Gasteiger partial charge in [0, 0.05) is 19.8 Å².